The van der Waals surface area contributed by atoms with E-state index in [0.717, 1.165) is 16.6 Å². The predicted octanol–water partition coefficient (Wildman–Crippen LogP) is 12.7. The predicted molar refractivity (Wildman–Crippen MR) is 195 cm³/mol. The van der Waals surface area contributed by atoms with Gasteiger partial charge in [0.05, 0.1) is 0 Å². The maximum atomic E-state index is 6.53. The van der Waals surface area contributed by atoms with Gasteiger partial charge in [-0.2, -0.15) is 0 Å². The van der Waals surface area contributed by atoms with Crippen LogP contribution in [0.5, 0.6) is 0 Å². The van der Waals surface area contributed by atoms with E-state index in [4.69, 9.17) is 4.42 Å². The number of hydrogen-bond acceptors (Lipinski definition) is 1. The molecule has 0 aliphatic heterocycles. The zero-order valence-electron chi connectivity index (χ0n) is 25.8. The summed E-state index contributed by atoms with van der Waals surface area (Å²) in [5.74, 6) is 0. The van der Waals surface area contributed by atoms with Crippen molar-refractivity contribution in [2.75, 3.05) is 0 Å². The lowest BCUT2D eigenvalue weighted by atomic mass is 9.81. The first-order valence-corrected chi connectivity index (χ1v) is 16.1. The number of fused-ring (bicyclic) bond motifs is 10. The van der Waals surface area contributed by atoms with Crippen LogP contribution in [0, 0.1) is 0 Å². The Kier molecular flexibility index (Phi) is 5.12. The van der Waals surface area contributed by atoms with Crippen molar-refractivity contribution in [2.24, 2.45) is 0 Å². The Labute approximate surface area is 267 Å². The molecule has 0 amide bonds. The van der Waals surface area contributed by atoms with E-state index in [1.807, 2.05) is 0 Å². The summed E-state index contributed by atoms with van der Waals surface area (Å²) >= 11 is 0. The van der Waals surface area contributed by atoms with Crippen LogP contribution in [0.4, 0.5) is 0 Å². The highest BCUT2D eigenvalue weighted by molar-refractivity contribution is 6.23. The fourth-order valence-corrected chi connectivity index (χ4v) is 8.33. The van der Waals surface area contributed by atoms with E-state index in [9.17, 15) is 0 Å². The van der Waals surface area contributed by atoms with E-state index in [2.05, 4.69) is 159 Å². The molecule has 46 heavy (non-hydrogen) atoms. The molecule has 8 aromatic carbocycles. The molecule has 1 nitrogen and oxygen atoms in total. The maximum Gasteiger partial charge on any atom is 0.136 e. The number of furan rings is 1. The van der Waals surface area contributed by atoms with Crippen LogP contribution in [0.1, 0.15) is 25.0 Å². The molecular formula is C45H30O. The van der Waals surface area contributed by atoms with Crippen LogP contribution in [0.15, 0.2) is 150 Å². The molecule has 0 saturated heterocycles. The summed E-state index contributed by atoms with van der Waals surface area (Å²) in [6.45, 7) is 4.69. The minimum atomic E-state index is -0.0139. The van der Waals surface area contributed by atoms with Gasteiger partial charge in [-0.25, -0.2) is 0 Å². The van der Waals surface area contributed by atoms with Crippen molar-refractivity contribution in [3.05, 3.63) is 157 Å². The molecule has 0 fully saturated rings. The van der Waals surface area contributed by atoms with Gasteiger partial charge in [0.15, 0.2) is 0 Å². The molecule has 0 radical (unpaired) electrons. The largest absolute Gasteiger partial charge is 0.456 e. The first-order chi connectivity index (χ1) is 22.6. The second-order valence-corrected chi connectivity index (χ2v) is 13.2. The van der Waals surface area contributed by atoms with Gasteiger partial charge in [0.25, 0.3) is 0 Å². The Balaban J connectivity index is 1.24. The van der Waals surface area contributed by atoms with Crippen LogP contribution >= 0.6 is 0 Å². The normalized spacial score (nSPS) is 13.6. The summed E-state index contributed by atoms with van der Waals surface area (Å²) in [6, 6.07) is 53.4. The van der Waals surface area contributed by atoms with Crippen molar-refractivity contribution in [3.63, 3.8) is 0 Å². The van der Waals surface area contributed by atoms with Crippen molar-refractivity contribution < 1.29 is 4.42 Å². The molecule has 1 aliphatic carbocycles. The minimum absolute atomic E-state index is 0.0139. The monoisotopic (exact) mass is 586 g/mol. The van der Waals surface area contributed by atoms with E-state index < -0.39 is 0 Å². The molecule has 1 aromatic heterocycles. The average Bonchev–Trinajstić information content (AvgIpc) is 3.59. The average molecular weight is 587 g/mol. The topological polar surface area (TPSA) is 13.1 Å². The Bertz CT molecular complexity index is 2660. The summed E-state index contributed by atoms with van der Waals surface area (Å²) < 4.78 is 6.53. The standard InChI is InChI=1S/C45H30O/c1-45(2)38-18-10-9-13-31(38)37-25-28(20-23-39(37)45)42-32-14-5-7-16-34(32)43(35-17-8-6-15-33(35)42)29-19-22-36-41(26-29)46-40-24-21-27-11-3-4-12-30(27)44(36)40/h3-26H,1-2H3. The lowest BCUT2D eigenvalue weighted by Crippen LogP contribution is -2.14. The zero-order chi connectivity index (χ0) is 30.6. The van der Waals surface area contributed by atoms with E-state index in [-0.39, 0.29) is 5.41 Å². The van der Waals surface area contributed by atoms with Gasteiger partial charge in [-0.05, 0) is 101 Å². The van der Waals surface area contributed by atoms with Gasteiger partial charge in [0.2, 0.25) is 0 Å². The SMILES string of the molecule is CC1(C)c2ccccc2-c2cc(-c3c4ccccc4c(-c4ccc5c(c4)oc4ccc6ccccc6c45)c4ccccc34)ccc21. The minimum Gasteiger partial charge on any atom is -0.456 e. The lowest BCUT2D eigenvalue weighted by Gasteiger charge is -2.22. The molecule has 1 heteroatoms. The van der Waals surface area contributed by atoms with Crippen molar-refractivity contribution in [2.45, 2.75) is 19.3 Å². The van der Waals surface area contributed by atoms with Crippen LogP contribution in [-0.4, -0.2) is 0 Å². The van der Waals surface area contributed by atoms with Gasteiger partial charge in [0.1, 0.15) is 11.2 Å². The third-order valence-corrected chi connectivity index (χ3v) is 10.5. The van der Waals surface area contributed by atoms with Gasteiger partial charge in [-0.15, -0.1) is 0 Å². The van der Waals surface area contributed by atoms with Gasteiger partial charge >= 0.3 is 0 Å². The highest BCUT2D eigenvalue weighted by Gasteiger charge is 2.35. The fourth-order valence-electron chi connectivity index (χ4n) is 8.33. The molecule has 0 unspecified atom stereocenters. The van der Waals surface area contributed by atoms with Gasteiger partial charge < -0.3 is 4.42 Å². The van der Waals surface area contributed by atoms with Gasteiger partial charge in [0, 0.05) is 16.2 Å². The third-order valence-electron chi connectivity index (χ3n) is 10.5. The lowest BCUT2D eigenvalue weighted by molar-refractivity contribution is 0.660. The van der Waals surface area contributed by atoms with Crippen molar-refractivity contribution in [1.82, 2.24) is 0 Å². The number of hydrogen-bond donors (Lipinski definition) is 0. The molecule has 0 spiro atoms. The molecular weight excluding hydrogens is 556 g/mol. The number of benzene rings is 8. The second-order valence-electron chi connectivity index (χ2n) is 13.2. The van der Waals surface area contributed by atoms with Crippen LogP contribution in [0.2, 0.25) is 0 Å². The molecule has 10 rings (SSSR count). The Hall–Kier alpha value is -5.66. The molecule has 0 saturated carbocycles. The summed E-state index contributed by atoms with van der Waals surface area (Å²) in [4.78, 5) is 0. The quantitative estimate of drug-likeness (QED) is 0.184. The molecule has 1 aliphatic rings. The van der Waals surface area contributed by atoms with E-state index in [0.29, 0.717) is 0 Å². The van der Waals surface area contributed by atoms with Crippen molar-refractivity contribution in [3.8, 4) is 33.4 Å². The molecule has 0 atom stereocenters. The third kappa shape index (κ3) is 3.40. The summed E-state index contributed by atoms with van der Waals surface area (Å²) in [6.07, 6.45) is 0. The van der Waals surface area contributed by atoms with Gasteiger partial charge in [-0.3, -0.25) is 0 Å². The van der Waals surface area contributed by atoms with E-state index >= 15 is 0 Å². The smallest absolute Gasteiger partial charge is 0.136 e. The van der Waals surface area contributed by atoms with Crippen molar-refractivity contribution >= 4 is 54.3 Å². The first kappa shape index (κ1) is 25.6. The van der Waals surface area contributed by atoms with Crippen LogP contribution in [0.3, 0.4) is 0 Å². The molecule has 0 bridgehead atoms. The maximum absolute atomic E-state index is 6.53. The van der Waals surface area contributed by atoms with Crippen LogP contribution < -0.4 is 0 Å². The highest BCUT2D eigenvalue weighted by Crippen LogP contribution is 2.51. The Morgan fingerprint density at radius 2 is 0.978 bits per heavy atom. The highest BCUT2D eigenvalue weighted by atomic mass is 16.3. The van der Waals surface area contributed by atoms with E-state index in [1.165, 1.54) is 82.2 Å². The number of rotatable bonds is 2. The van der Waals surface area contributed by atoms with Crippen molar-refractivity contribution in [1.29, 1.82) is 0 Å². The Morgan fingerprint density at radius 1 is 0.413 bits per heavy atom. The summed E-state index contributed by atoms with van der Waals surface area (Å²) in [5.41, 5.74) is 12.3. The molecule has 9 aromatic rings. The molecule has 0 N–H and O–H groups in total. The summed E-state index contributed by atoms with van der Waals surface area (Å²) in [7, 11) is 0. The first-order valence-electron chi connectivity index (χ1n) is 16.1. The zero-order valence-corrected chi connectivity index (χ0v) is 25.8. The van der Waals surface area contributed by atoms with E-state index in [1.54, 1.807) is 0 Å². The molecule has 216 valence electrons. The van der Waals surface area contributed by atoms with Crippen LogP contribution in [-0.2, 0) is 5.41 Å². The second kappa shape index (κ2) is 9.19. The fraction of sp³-hybridized carbons (Fsp3) is 0.0667. The Morgan fingerprint density at radius 3 is 1.70 bits per heavy atom. The van der Waals surface area contributed by atoms with Crippen LogP contribution in [0.25, 0.3) is 87.6 Å². The van der Waals surface area contributed by atoms with Gasteiger partial charge in [-0.1, -0.05) is 135 Å². The summed E-state index contributed by atoms with van der Waals surface area (Å²) in [5, 5.41) is 9.82. The molecule has 1 heterocycles.